The Labute approximate surface area is 157 Å². The van der Waals surface area contributed by atoms with Crippen LogP contribution in [0.3, 0.4) is 0 Å². The van der Waals surface area contributed by atoms with Crippen molar-refractivity contribution in [2.75, 3.05) is 0 Å². The molecule has 0 aromatic heterocycles. The first kappa shape index (κ1) is 21.0. The van der Waals surface area contributed by atoms with E-state index < -0.39 is 36.3 Å². The lowest BCUT2D eigenvalue weighted by atomic mass is 9.90. The van der Waals surface area contributed by atoms with Crippen molar-refractivity contribution in [1.82, 2.24) is 0 Å². The molecule has 146 valence electrons. The molecular weight excluding hydrogens is 392 g/mol. The minimum absolute atomic E-state index is 0.214. The number of carbonyl (C=O) groups is 1. The minimum Gasteiger partial charge on any atom is -0.481 e. The highest BCUT2D eigenvalue weighted by atomic mass is 35.5. The molecule has 0 spiro atoms. The molecule has 0 aliphatic rings. The molecule has 0 bridgehead atoms. The number of carboxylic acid groups (broad SMARTS) is 1. The summed E-state index contributed by atoms with van der Waals surface area (Å²) in [6, 6.07) is 10.7. The third-order valence-corrected chi connectivity index (χ3v) is 3.99. The van der Waals surface area contributed by atoms with E-state index in [1.165, 1.54) is 24.3 Å². The van der Waals surface area contributed by atoms with Gasteiger partial charge in [0.2, 0.25) is 0 Å². The molecule has 4 nitrogen and oxygen atoms in total. The van der Waals surface area contributed by atoms with Gasteiger partial charge in [0, 0.05) is 5.02 Å². The summed E-state index contributed by atoms with van der Waals surface area (Å²) in [5.74, 6) is -3.19. The van der Waals surface area contributed by atoms with E-state index in [1.54, 1.807) is 12.1 Å². The molecule has 0 radical (unpaired) electrons. The van der Waals surface area contributed by atoms with Crippen LogP contribution in [-0.2, 0) is 11.2 Å². The van der Waals surface area contributed by atoms with Crippen LogP contribution >= 0.6 is 11.6 Å². The first-order valence-electron chi connectivity index (χ1n) is 7.70. The highest BCUT2D eigenvalue weighted by Gasteiger charge is 2.44. The number of hydrogen-bond donors (Lipinski definition) is 2. The predicted molar refractivity (Wildman–Crippen MR) is 89.3 cm³/mol. The Bertz CT molecular complexity index is 800. The highest BCUT2D eigenvalue weighted by molar-refractivity contribution is 6.30. The van der Waals surface area contributed by atoms with Crippen LogP contribution in [-0.4, -0.2) is 28.7 Å². The van der Waals surface area contributed by atoms with Crippen molar-refractivity contribution >= 4 is 17.6 Å². The van der Waals surface area contributed by atoms with Crippen molar-refractivity contribution in [2.24, 2.45) is 5.92 Å². The number of carboxylic acids is 1. The van der Waals surface area contributed by atoms with Crippen LogP contribution in [0.25, 0.3) is 0 Å². The first-order valence-corrected chi connectivity index (χ1v) is 8.08. The Kier molecular flexibility index (Phi) is 6.67. The maximum absolute atomic E-state index is 13.0. The van der Waals surface area contributed by atoms with Crippen molar-refractivity contribution < 1.29 is 37.3 Å². The normalized spacial score (nSPS) is 14.0. The molecule has 0 saturated carbocycles. The summed E-state index contributed by atoms with van der Waals surface area (Å²) < 4.78 is 54.5. The Morgan fingerprint density at radius 2 is 1.81 bits per heavy atom. The third-order valence-electron chi connectivity index (χ3n) is 3.75. The lowest BCUT2D eigenvalue weighted by molar-refractivity contribution is -0.253. The second-order valence-electron chi connectivity index (χ2n) is 5.76. The van der Waals surface area contributed by atoms with E-state index in [-0.39, 0.29) is 17.5 Å². The number of rotatable bonds is 8. The van der Waals surface area contributed by atoms with Gasteiger partial charge in [0.25, 0.3) is 0 Å². The van der Waals surface area contributed by atoms with Crippen molar-refractivity contribution in [3.05, 3.63) is 64.7 Å². The Balaban J connectivity index is 2.22. The molecule has 0 saturated heterocycles. The fraction of sp³-hybridized carbons (Fsp3) is 0.278. The summed E-state index contributed by atoms with van der Waals surface area (Å²) in [5.41, 5.74) is 0.484. The number of halogens is 5. The van der Waals surface area contributed by atoms with Gasteiger partial charge >= 0.3 is 18.5 Å². The van der Waals surface area contributed by atoms with Crippen LogP contribution in [0.15, 0.2) is 48.5 Å². The Morgan fingerprint density at radius 3 is 2.41 bits per heavy atom. The van der Waals surface area contributed by atoms with Gasteiger partial charge in [-0.15, -0.1) is 0 Å². The molecule has 0 aliphatic heterocycles. The number of hydrogen-bond acceptors (Lipinski definition) is 3. The summed E-state index contributed by atoms with van der Waals surface area (Å²) in [5, 5.41) is 20.1. The van der Waals surface area contributed by atoms with Gasteiger partial charge in [0.15, 0.2) is 0 Å². The summed E-state index contributed by atoms with van der Waals surface area (Å²) in [6.07, 6.45) is -10.4. The fourth-order valence-electron chi connectivity index (χ4n) is 2.45. The summed E-state index contributed by atoms with van der Waals surface area (Å²) in [4.78, 5) is 11.6. The zero-order valence-corrected chi connectivity index (χ0v) is 14.4. The van der Waals surface area contributed by atoms with Gasteiger partial charge in [-0.2, -0.15) is 17.6 Å². The van der Waals surface area contributed by atoms with E-state index in [9.17, 15) is 32.6 Å². The molecular formula is C18H15ClF4O4. The molecule has 0 heterocycles. The molecule has 2 unspecified atom stereocenters. The number of benzene rings is 2. The fourth-order valence-corrected chi connectivity index (χ4v) is 2.65. The molecule has 2 aromatic carbocycles. The summed E-state index contributed by atoms with van der Waals surface area (Å²) in [7, 11) is 0. The van der Waals surface area contributed by atoms with Crippen LogP contribution < -0.4 is 4.74 Å². The standard InChI is InChI=1S/C18H15ClF4O4/c19-12-5-2-4-11(9-12)15(24)14(16(25)26)8-10-3-1-6-13(7-10)27-18(22,23)17(20)21/h1-7,9,14-15,17,24H,8H2,(H,25,26). The maximum Gasteiger partial charge on any atom is 0.461 e. The van der Waals surface area contributed by atoms with Crippen LogP contribution in [0.4, 0.5) is 17.6 Å². The second kappa shape index (κ2) is 8.58. The predicted octanol–water partition coefficient (Wildman–Crippen LogP) is 4.55. The molecule has 27 heavy (non-hydrogen) atoms. The molecule has 0 aliphatic carbocycles. The minimum atomic E-state index is -4.68. The molecule has 0 fully saturated rings. The third kappa shape index (κ3) is 5.58. The van der Waals surface area contributed by atoms with Crippen molar-refractivity contribution in [1.29, 1.82) is 0 Å². The van der Waals surface area contributed by atoms with Crippen LogP contribution in [0, 0.1) is 5.92 Å². The number of alkyl halides is 4. The van der Waals surface area contributed by atoms with Crippen molar-refractivity contribution in [3.63, 3.8) is 0 Å². The van der Waals surface area contributed by atoms with Gasteiger partial charge in [-0.3, -0.25) is 4.79 Å². The summed E-state index contributed by atoms with van der Waals surface area (Å²) >= 11 is 5.83. The largest absolute Gasteiger partial charge is 0.481 e. The van der Waals surface area contributed by atoms with E-state index in [4.69, 9.17) is 11.6 Å². The van der Waals surface area contributed by atoms with Gasteiger partial charge < -0.3 is 14.9 Å². The zero-order valence-electron chi connectivity index (χ0n) is 13.7. The molecule has 9 heteroatoms. The SMILES string of the molecule is O=C(O)C(Cc1cccc(OC(F)(F)C(F)F)c1)C(O)c1cccc(Cl)c1. The lowest BCUT2D eigenvalue weighted by Gasteiger charge is -2.21. The monoisotopic (exact) mass is 406 g/mol. The van der Waals surface area contributed by atoms with Crippen LogP contribution in [0.1, 0.15) is 17.2 Å². The van der Waals surface area contributed by atoms with E-state index in [0.717, 1.165) is 12.1 Å². The average molecular weight is 407 g/mol. The molecule has 0 amide bonds. The quantitative estimate of drug-likeness (QED) is 0.631. The molecule has 2 rings (SSSR count). The molecule has 2 N–H and O–H groups in total. The number of aliphatic hydroxyl groups is 1. The van der Waals surface area contributed by atoms with Gasteiger partial charge in [0.05, 0.1) is 12.0 Å². The smallest absolute Gasteiger partial charge is 0.461 e. The summed E-state index contributed by atoms with van der Waals surface area (Å²) in [6.45, 7) is 0. The van der Waals surface area contributed by atoms with Crippen molar-refractivity contribution in [2.45, 2.75) is 25.1 Å². The van der Waals surface area contributed by atoms with E-state index in [1.807, 2.05) is 0 Å². The second-order valence-corrected chi connectivity index (χ2v) is 6.20. The Hall–Kier alpha value is -2.32. The van der Waals surface area contributed by atoms with Gasteiger partial charge in [-0.25, -0.2) is 0 Å². The van der Waals surface area contributed by atoms with Crippen LogP contribution in [0.2, 0.25) is 5.02 Å². The maximum atomic E-state index is 13.0. The van der Waals surface area contributed by atoms with E-state index in [0.29, 0.717) is 5.02 Å². The molecule has 2 aromatic rings. The van der Waals surface area contributed by atoms with Gasteiger partial charge in [-0.05, 0) is 41.8 Å². The first-order chi connectivity index (χ1) is 12.6. The van der Waals surface area contributed by atoms with Crippen LogP contribution in [0.5, 0.6) is 5.75 Å². The number of aliphatic hydroxyl groups excluding tert-OH is 1. The highest BCUT2D eigenvalue weighted by Crippen LogP contribution is 2.31. The van der Waals surface area contributed by atoms with Gasteiger partial charge in [0.1, 0.15) is 5.75 Å². The average Bonchev–Trinajstić information content (AvgIpc) is 2.58. The topological polar surface area (TPSA) is 66.8 Å². The number of aliphatic carboxylic acids is 1. The van der Waals surface area contributed by atoms with E-state index >= 15 is 0 Å². The molecule has 2 atom stereocenters. The van der Waals surface area contributed by atoms with E-state index in [2.05, 4.69) is 4.74 Å². The Morgan fingerprint density at radius 1 is 1.15 bits per heavy atom. The van der Waals surface area contributed by atoms with Gasteiger partial charge in [-0.1, -0.05) is 35.9 Å². The lowest BCUT2D eigenvalue weighted by Crippen LogP contribution is -2.33. The number of ether oxygens (including phenoxy) is 1. The zero-order chi connectivity index (χ0) is 20.2. The van der Waals surface area contributed by atoms with Crippen molar-refractivity contribution in [3.8, 4) is 5.75 Å².